The van der Waals surface area contributed by atoms with Crippen molar-refractivity contribution in [2.24, 2.45) is 0 Å². The number of aromatic nitrogens is 1. The fraction of sp³-hybridized carbons (Fsp3) is 0.273. The summed E-state index contributed by atoms with van der Waals surface area (Å²) in [5, 5.41) is 5.41. The van der Waals surface area contributed by atoms with E-state index in [0.717, 1.165) is 17.7 Å². The number of nitrogens with one attached hydrogen (secondary N) is 1. The molecule has 1 amide bonds. The van der Waals surface area contributed by atoms with Crippen molar-refractivity contribution < 1.29 is 14.3 Å². The number of anilines is 1. The van der Waals surface area contributed by atoms with Crippen LogP contribution in [0, 0.1) is 0 Å². The number of carbonyl (C=O) groups excluding carboxylic acids is 1. The number of thiazole rings is 1. The van der Waals surface area contributed by atoms with E-state index in [1.807, 2.05) is 23.6 Å². The molecule has 3 aromatic rings. The van der Waals surface area contributed by atoms with Gasteiger partial charge in [-0.15, -0.1) is 11.3 Å². The number of carbonyl (C=O) groups is 1. The van der Waals surface area contributed by atoms with E-state index in [1.54, 1.807) is 6.07 Å². The van der Waals surface area contributed by atoms with Crippen LogP contribution in [0.4, 0.5) is 5.13 Å². The third-order valence-corrected chi connectivity index (χ3v) is 5.94. The molecule has 5 nitrogen and oxygen atoms in total. The maximum atomic E-state index is 12.6. The monoisotopic (exact) mass is 392 g/mol. The molecule has 1 unspecified atom stereocenters. The summed E-state index contributed by atoms with van der Waals surface area (Å²) in [4.78, 5) is 17.2. The standard InChI is InChI=1S/C22H20N2O3S/c25-21(20-12-26-18-7-3-4-8-19(18)27-20)24-22-23-17(13-28-22)16-10-9-14-5-1-2-6-15(14)11-16/h3-4,7-11,13,20H,1-2,5-6,12H2,(H,23,24,25). The van der Waals surface area contributed by atoms with E-state index in [9.17, 15) is 4.79 Å². The van der Waals surface area contributed by atoms with Gasteiger partial charge in [0.15, 0.2) is 16.6 Å². The average Bonchev–Trinajstić information content (AvgIpc) is 3.21. The number of rotatable bonds is 3. The Morgan fingerprint density at radius 1 is 1.07 bits per heavy atom. The largest absolute Gasteiger partial charge is 0.485 e. The second-order valence-corrected chi connectivity index (χ2v) is 7.94. The van der Waals surface area contributed by atoms with Crippen LogP contribution in [0.15, 0.2) is 47.8 Å². The summed E-state index contributed by atoms with van der Waals surface area (Å²) in [6, 6.07) is 13.9. The van der Waals surface area contributed by atoms with Gasteiger partial charge in [-0.1, -0.05) is 24.3 Å². The van der Waals surface area contributed by atoms with Gasteiger partial charge in [0.1, 0.15) is 6.61 Å². The number of benzene rings is 2. The van der Waals surface area contributed by atoms with Gasteiger partial charge in [-0.25, -0.2) is 4.98 Å². The van der Waals surface area contributed by atoms with Crippen molar-refractivity contribution in [3.63, 3.8) is 0 Å². The molecule has 5 rings (SSSR count). The third kappa shape index (κ3) is 3.36. The van der Waals surface area contributed by atoms with Gasteiger partial charge >= 0.3 is 0 Å². The van der Waals surface area contributed by atoms with E-state index >= 15 is 0 Å². The Bertz CT molecular complexity index is 1030. The number of nitrogens with zero attached hydrogens (tertiary/aromatic N) is 1. The number of amides is 1. The van der Waals surface area contributed by atoms with Crippen molar-refractivity contribution in [3.05, 3.63) is 59.0 Å². The molecule has 0 radical (unpaired) electrons. The minimum absolute atomic E-state index is 0.186. The summed E-state index contributed by atoms with van der Waals surface area (Å²) < 4.78 is 11.4. The lowest BCUT2D eigenvalue weighted by Crippen LogP contribution is -2.40. The highest BCUT2D eigenvalue weighted by Gasteiger charge is 2.28. The summed E-state index contributed by atoms with van der Waals surface area (Å²) in [7, 11) is 0. The summed E-state index contributed by atoms with van der Waals surface area (Å²) in [5.74, 6) is 0.999. The van der Waals surface area contributed by atoms with Crippen molar-refractivity contribution >= 4 is 22.4 Å². The molecule has 6 heteroatoms. The van der Waals surface area contributed by atoms with Crippen molar-refractivity contribution in [2.75, 3.05) is 11.9 Å². The van der Waals surface area contributed by atoms with Gasteiger partial charge in [-0.3, -0.25) is 10.1 Å². The lowest BCUT2D eigenvalue weighted by Gasteiger charge is -2.25. The molecule has 0 spiro atoms. The van der Waals surface area contributed by atoms with Crippen molar-refractivity contribution in [3.8, 4) is 22.8 Å². The molecule has 1 aliphatic heterocycles. The van der Waals surface area contributed by atoms with E-state index in [1.165, 1.54) is 41.7 Å². The highest BCUT2D eigenvalue weighted by Crippen LogP contribution is 2.32. The minimum atomic E-state index is -0.689. The Hall–Kier alpha value is -2.86. The predicted octanol–water partition coefficient (Wildman–Crippen LogP) is 4.47. The number of fused-ring (bicyclic) bond motifs is 2. The Morgan fingerprint density at radius 3 is 2.79 bits per heavy atom. The Kier molecular flexibility index (Phi) is 4.49. The van der Waals surface area contributed by atoms with Crippen molar-refractivity contribution in [1.29, 1.82) is 0 Å². The van der Waals surface area contributed by atoms with E-state index in [-0.39, 0.29) is 12.5 Å². The molecule has 28 heavy (non-hydrogen) atoms. The van der Waals surface area contributed by atoms with Gasteiger partial charge in [0, 0.05) is 10.9 Å². The van der Waals surface area contributed by atoms with Gasteiger partial charge in [0.25, 0.3) is 5.91 Å². The zero-order valence-corrected chi connectivity index (χ0v) is 16.1. The van der Waals surface area contributed by atoms with Crippen molar-refractivity contribution in [1.82, 2.24) is 4.98 Å². The van der Waals surface area contributed by atoms with E-state index in [2.05, 4.69) is 28.5 Å². The first kappa shape index (κ1) is 17.3. The van der Waals surface area contributed by atoms with Crippen LogP contribution in [-0.2, 0) is 17.6 Å². The number of aryl methyl sites for hydroxylation is 2. The second-order valence-electron chi connectivity index (χ2n) is 7.08. The fourth-order valence-corrected chi connectivity index (χ4v) is 4.41. The number of para-hydroxylation sites is 2. The van der Waals surface area contributed by atoms with Crippen LogP contribution < -0.4 is 14.8 Å². The highest BCUT2D eigenvalue weighted by molar-refractivity contribution is 7.14. The molecular formula is C22H20N2O3S. The lowest BCUT2D eigenvalue weighted by molar-refractivity contribution is -0.125. The number of ether oxygens (including phenoxy) is 2. The van der Waals surface area contributed by atoms with Crippen LogP contribution in [0.5, 0.6) is 11.5 Å². The van der Waals surface area contributed by atoms with Crippen LogP contribution in [-0.4, -0.2) is 23.6 Å². The van der Waals surface area contributed by atoms with Crippen LogP contribution in [0.25, 0.3) is 11.3 Å². The molecule has 0 saturated carbocycles. The Morgan fingerprint density at radius 2 is 1.89 bits per heavy atom. The van der Waals surface area contributed by atoms with E-state index in [0.29, 0.717) is 16.6 Å². The molecule has 2 aromatic carbocycles. The normalized spacial score (nSPS) is 17.6. The molecule has 142 valence electrons. The topological polar surface area (TPSA) is 60.5 Å². The number of hydrogen-bond acceptors (Lipinski definition) is 5. The van der Waals surface area contributed by atoms with Gasteiger partial charge in [0.05, 0.1) is 5.69 Å². The molecule has 0 bridgehead atoms. The molecule has 1 atom stereocenters. The molecular weight excluding hydrogens is 372 g/mol. The zero-order valence-electron chi connectivity index (χ0n) is 15.3. The SMILES string of the molecule is O=C(Nc1nc(-c2ccc3c(c2)CCCC3)cs1)C1COc2ccccc2O1. The molecule has 2 heterocycles. The summed E-state index contributed by atoms with van der Waals surface area (Å²) in [6.07, 6.45) is 4.14. The zero-order chi connectivity index (χ0) is 18.9. The first-order valence-electron chi connectivity index (χ1n) is 9.53. The predicted molar refractivity (Wildman–Crippen MR) is 109 cm³/mol. The summed E-state index contributed by atoms with van der Waals surface area (Å²) >= 11 is 1.42. The quantitative estimate of drug-likeness (QED) is 0.715. The Balaban J connectivity index is 1.29. The molecule has 0 saturated heterocycles. The van der Waals surface area contributed by atoms with Gasteiger partial charge < -0.3 is 9.47 Å². The molecule has 0 fully saturated rings. The van der Waals surface area contributed by atoms with Gasteiger partial charge in [-0.2, -0.15) is 0 Å². The molecule has 1 aliphatic carbocycles. The van der Waals surface area contributed by atoms with E-state index in [4.69, 9.17) is 9.47 Å². The second kappa shape index (κ2) is 7.28. The van der Waals surface area contributed by atoms with Crippen LogP contribution >= 0.6 is 11.3 Å². The smallest absolute Gasteiger partial charge is 0.270 e. The molecule has 1 N–H and O–H groups in total. The highest BCUT2D eigenvalue weighted by atomic mass is 32.1. The maximum absolute atomic E-state index is 12.6. The summed E-state index contributed by atoms with van der Waals surface area (Å²) in [6.45, 7) is 0.186. The van der Waals surface area contributed by atoms with Gasteiger partial charge in [0.2, 0.25) is 6.10 Å². The van der Waals surface area contributed by atoms with Crippen LogP contribution in [0.1, 0.15) is 24.0 Å². The maximum Gasteiger partial charge on any atom is 0.270 e. The number of hydrogen-bond donors (Lipinski definition) is 1. The lowest BCUT2D eigenvalue weighted by atomic mass is 9.90. The summed E-state index contributed by atoms with van der Waals surface area (Å²) in [5.41, 5.74) is 4.87. The van der Waals surface area contributed by atoms with Crippen LogP contribution in [0.2, 0.25) is 0 Å². The average molecular weight is 392 g/mol. The molecule has 2 aliphatic rings. The van der Waals surface area contributed by atoms with Crippen LogP contribution in [0.3, 0.4) is 0 Å². The fourth-order valence-electron chi connectivity index (χ4n) is 3.69. The van der Waals surface area contributed by atoms with Crippen molar-refractivity contribution in [2.45, 2.75) is 31.8 Å². The molecule has 1 aromatic heterocycles. The minimum Gasteiger partial charge on any atom is -0.485 e. The van der Waals surface area contributed by atoms with Gasteiger partial charge in [-0.05, 0) is 55.0 Å². The first-order chi connectivity index (χ1) is 13.8. The first-order valence-corrected chi connectivity index (χ1v) is 10.4. The Labute approximate surface area is 167 Å². The van der Waals surface area contributed by atoms with E-state index < -0.39 is 6.10 Å². The third-order valence-electron chi connectivity index (χ3n) is 5.18.